The lowest BCUT2D eigenvalue weighted by molar-refractivity contribution is -0.185. The standard InChI is InChI=1S/2C11H19BrO2.C11H18N2O2.C11H20O2.C10H17ClO2.C10H17NO.2C10H18O3.C9H16O2.C9H14O.C4H12Si.2CH4/c2*1-10(2)5-8(9(13)7-12)6-11(3,4)14-10;1-10(2)5-8(9(14)7-13-12)6-11(3,4)15-10;1-8(12)9-6-10(2,3)13-11(4,5)7-9;1-9(2)5-7(8(11)12)6-10(3,4)13-9;1-9(2)5-8(7-11)6-10(3,4)12-9;2*1-9(2)5-7(8(11)12)6-10(3,4)13-9;1-8(2)5-7(10)6-9(3,4)11-8;1-7(2)5-9(10)6-8(3)4;1-5(2,3)4;;/h2*8H,5-7H2,1-4H3;7-8H,5-6H2,1-4H3;9H,6-7H2,1-5H3;7H,5-6H2,1-4H3;11H,5-6H2,1-4H3;2*7H,5-6H2,1-4H3,(H,11,12);5-6H2,1-4H3;5-6H,1-4H3;1-4H3;2*1H4. The minimum absolute atomic E-state index is 0. The van der Waals surface area contributed by atoms with E-state index in [9.17, 15) is 43.2 Å². The van der Waals surface area contributed by atoms with E-state index in [1.165, 1.54) is 0 Å². The monoisotopic (exact) mass is 2080 g/mol. The molecule has 0 spiro atoms. The lowest BCUT2D eigenvalue weighted by atomic mass is 9.79. The summed E-state index contributed by atoms with van der Waals surface area (Å²) in [6.07, 6.45) is 17.3. The van der Waals surface area contributed by atoms with Gasteiger partial charge in [0.15, 0.2) is 5.78 Å². The second-order valence-electron chi connectivity index (χ2n) is 51.6. The van der Waals surface area contributed by atoms with Crippen LogP contribution in [0.3, 0.4) is 0 Å². The van der Waals surface area contributed by atoms with Gasteiger partial charge in [-0.3, -0.25) is 48.6 Å². The molecule has 0 aromatic heterocycles. The second kappa shape index (κ2) is 53.6. The summed E-state index contributed by atoms with van der Waals surface area (Å²) < 4.78 is 52.5. The summed E-state index contributed by atoms with van der Waals surface area (Å²) >= 11 is 12.0. The Morgan fingerprint density at radius 1 is 0.363 bits per heavy atom. The predicted molar refractivity (Wildman–Crippen MR) is 563 cm³/mol. The molecule has 0 saturated carbocycles. The molecule has 3 N–H and O–H groups in total. The Morgan fingerprint density at radius 3 is 0.719 bits per heavy atom. The summed E-state index contributed by atoms with van der Waals surface area (Å²) in [5, 5.41) is 25.7. The molecule has 0 aliphatic carbocycles. The number of carbonyl (C=O) groups is 9. The Bertz CT molecular complexity index is 3600. The van der Waals surface area contributed by atoms with Gasteiger partial charge in [-0.25, -0.2) is 0 Å². The Kier molecular flexibility index (Phi) is 54.5. The first-order valence-corrected chi connectivity index (χ1v) is 54.4. The Morgan fingerprint density at radius 2 is 0.548 bits per heavy atom. The van der Waals surface area contributed by atoms with Crippen LogP contribution in [-0.4, -0.2) is 199 Å². The molecule has 788 valence electrons. The number of ketones is 6. The third kappa shape index (κ3) is 62.3. The average molecular weight is 2080 g/mol. The van der Waals surface area contributed by atoms with Crippen LogP contribution in [0.2, 0.25) is 26.2 Å². The molecule has 0 aromatic carbocycles. The van der Waals surface area contributed by atoms with Gasteiger partial charge in [-0.05, 0) is 409 Å². The number of rotatable bonds is 12. The van der Waals surface area contributed by atoms with Crippen molar-refractivity contribution in [2.24, 2.45) is 41.4 Å². The zero-order valence-corrected chi connectivity index (χ0v) is 96.6. The van der Waals surface area contributed by atoms with Gasteiger partial charge in [-0.15, -0.1) is 0 Å². The van der Waals surface area contributed by atoms with Gasteiger partial charge in [0, 0.05) is 63.3 Å². The fourth-order valence-electron chi connectivity index (χ4n) is 20.9. The molecule has 23 nitrogen and oxygen atoms in total. The van der Waals surface area contributed by atoms with E-state index < -0.39 is 20.0 Å². The number of Topliss-reactive ketones (excluding diaryl/α,β-unsaturated/α-hetero) is 5. The molecule has 9 aliphatic rings. The number of aliphatic carboxylic acids is 2. The molecule has 9 saturated heterocycles. The number of carboxylic acid groups (broad SMARTS) is 2. The quantitative estimate of drug-likeness (QED) is 0.0311. The topological polar surface area (TPSA) is 337 Å². The van der Waals surface area contributed by atoms with Gasteiger partial charge in [0.1, 0.15) is 23.1 Å². The number of nitrogens with zero attached hydrogens (tertiary/aromatic N) is 2. The van der Waals surface area contributed by atoms with Gasteiger partial charge in [0.2, 0.25) is 11.0 Å². The van der Waals surface area contributed by atoms with E-state index in [-0.39, 0.29) is 174 Å². The summed E-state index contributed by atoms with van der Waals surface area (Å²) in [5.74, 6) is 2.04. The van der Waals surface area contributed by atoms with Gasteiger partial charge >= 0.3 is 18.2 Å². The number of carbonyl (C=O) groups excluding carboxylic acids is 7. The summed E-state index contributed by atoms with van der Waals surface area (Å²) in [7, 11) is -0.611. The molecule has 0 atom stereocenters. The van der Waals surface area contributed by atoms with E-state index in [4.69, 9.17) is 75.4 Å². The number of ether oxygens (including phenoxy) is 9. The maximum absolute atomic E-state index is 11.6. The molecule has 9 fully saturated rings. The van der Waals surface area contributed by atoms with Gasteiger partial charge in [0.05, 0.1) is 123 Å². The van der Waals surface area contributed by atoms with Crippen LogP contribution in [0, 0.1) is 46.8 Å². The highest BCUT2D eigenvalue weighted by atomic mass is 79.9. The van der Waals surface area contributed by atoms with Crippen molar-refractivity contribution in [1.29, 1.82) is 5.41 Å². The van der Waals surface area contributed by atoms with Crippen molar-refractivity contribution in [2.45, 2.75) is 541 Å². The van der Waals surface area contributed by atoms with Gasteiger partial charge in [-0.2, -0.15) is 4.79 Å². The first kappa shape index (κ1) is 137. The van der Waals surface area contributed by atoms with E-state index in [2.05, 4.69) is 179 Å². The highest BCUT2D eigenvalue weighted by Gasteiger charge is 2.49. The van der Waals surface area contributed by atoms with Crippen molar-refractivity contribution >= 4 is 115 Å². The van der Waals surface area contributed by atoms with Crippen LogP contribution < -0.4 is 0 Å². The van der Waals surface area contributed by atoms with Crippen molar-refractivity contribution in [3.63, 3.8) is 0 Å². The lowest BCUT2D eigenvalue weighted by Gasteiger charge is -2.44. The van der Waals surface area contributed by atoms with E-state index in [0.29, 0.717) is 85.2 Å². The number of halogens is 3. The molecule has 0 amide bonds. The number of nitrogens with one attached hydrogen (secondary N) is 1. The molecule has 9 rings (SSSR count). The van der Waals surface area contributed by atoms with Crippen LogP contribution in [0.4, 0.5) is 0 Å². The van der Waals surface area contributed by atoms with Crippen LogP contribution in [0.1, 0.15) is 414 Å². The summed E-state index contributed by atoms with van der Waals surface area (Å²) in [6.45, 7) is 90.9. The Balaban J connectivity index is -0.000000702. The third-order valence-electron chi connectivity index (χ3n) is 22.2. The normalized spacial score (nSPS) is 24.3. The lowest BCUT2D eigenvalue weighted by Crippen LogP contribution is -2.47. The van der Waals surface area contributed by atoms with Crippen molar-refractivity contribution in [3.05, 3.63) is 34.4 Å². The molecular weight excluding hydrogens is 1880 g/mol. The largest absolute Gasteiger partial charge is 0.481 e. The van der Waals surface area contributed by atoms with Crippen LogP contribution >= 0.6 is 43.5 Å². The highest BCUT2D eigenvalue weighted by Crippen LogP contribution is 2.46. The molecular formula is C108H196Br2ClN3O20Si. The van der Waals surface area contributed by atoms with E-state index in [1.54, 1.807) is 19.1 Å². The second-order valence-corrected chi connectivity index (χ2v) is 59.1. The third-order valence-corrected chi connectivity index (χ3v) is 23.6. The Hall–Kier alpha value is -3.95. The summed E-state index contributed by atoms with van der Waals surface area (Å²) in [4.78, 5) is 104. The molecule has 9 heterocycles. The zero-order chi connectivity index (χ0) is 106. The van der Waals surface area contributed by atoms with Crippen LogP contribution in [0.15, 0.2) is 28.9 Å². The molecule has 9 aliphatic heterocycles. The number of hydrogen-bond donors (Lipinski definition) is 3. The highest BCUT2D eigenvalue weighted by molar-refractivity contribution is 9.09. The molecule has 0 radical (unpaired) electrons. The van der Waals surface area contributed by atoms with E-state index in [1.807, 2.05) is 166 Å². The summed E-state index contributed by atoms with van der Waals surface area (Å²) in [6, 6.07) is 0. The van der Waals surface area contributed by atoms with E-state index in [0.717, 1.165) is 87.1 Å². The molecule has 27 heteroatoms. The van der Waals surface area contributed by atoms with Crippen LogP contribution in [0.5, 0.6) is 0 Å². The fourth-order valence-corrected chi connectivity index (χ4v) is 22.0. The smallest absolute Gasteiger partial charge is 0.323 e. The minimum atomic E-state index is -0.704. The molecule has 0 aromatic rings. The van der Waals surface area contributed by atoms with Gasteiger partial charge < -0.3 is 58.4 Å². The average Bonchev–Trinajstić information content (AvgIpc) is 0.807. The predicted octanol–water partition coefficient (Wildman–Crippen LogP) is 27.3. The summed E-state index contributed by atoms with van der Waals surface area (Å²) in [5.41, 5.74) is 7.35. The van der Waals surface area contributed by atoms with Crippen molar-refractivity contribution < 1.29 is 101 Å². The van der Waals surface area contributed by atoms with Crippen molar-refractivity contribution in [1.82, 2.24) is 0 Å². The number of hydrogen-bond acceptors (Lipinski definition) is 19. The van der Waals surface area contributed by atoms with Gasteiger partial charge in [-0.1, -0.05) is 84.0 Å². The molecule has 0 bridgehead atoms. The van der Waals surface area contributed by atoms with Crippen molar-refractivity contribution in [3.8, 4) is 0 Å². The SMILES string of the molecule is C.C.CC(=O)C1CC(C)(C)OC(C)(C)C1.CC(C)=CC(=O)C=C(C)C.CC1(C)CC(=C=N)CC(C)(C)O1.CC1(C)CC(=O)CC(C)(C)O1.CC1(C)CC(C(=O)C=[N+]=[N-])CC(C)(C)O1.CC1(C)CC(C(=O)CBr)CC(C)(C)O1.CC1(C)CC(C(=O)CBr)CC(C)(C)O1.CC1(C)CC(C(=O)Cl)CC(C)(C)O1.CC1(C)CC(C(=O)O)CC(C)(C)O1.CC1(C)CC(C(=O)O)CC(C)(C)O1.C[Si](C)(C)C. The Labute approximate surface area is 843 Å². The number of allylic oxidation sites excluding steroid dienone is 4. The molecule has 135 heavy (non-hydrogen) atoms. The zero-order valence-electron chi connectivity index (χ0n) is 91.7. The maximum Gasteiger partial charge on any atom is 0.323 e. The maximum atomic E-state index is 11.6. The first-order chi connectivity index (χ1) is 58.8. The first-order valence-electron chi connectivity index (χ1n) is 47.8. The minimum Gasteiger partial charge on any atom is -0.481 e. The molecule has 0 unspecified atom stereocenters. The fraction of sp³-hybridized carbons (Fsp3) is 0.852. The van der Waals surface area contributed by atoms with Crippen LogP contribution in [0.25, 0.3) is 5.53 Å². The van der Waals surface area contributed by atoms with Gasteiger partial charge in [0.25, 0.3) is 0 Å². The van der Waals surface area contributed by atoms with Crippen LogP contribution in [-0.2, 0) is 85.8 Å². The van der Waals surface area contributed by atoms with Crippen molar-refractivity contribution in [2.75, 3.05) is 10.7 Å². The van der Waals surface area contributed by atoms with E-state index >= 15 is 0 Å². The number of carboxylic acids is 2. The number of alkyl halides is 2.